The first-order valence-electron chi connectivity index (χ1n) is 5.83. The van der Waals surface area contributed by atoms with E-state index in [2.05, 4.69) is 17.0 Å². The molecule has 18 heavy (non-hydrogen) atoms. The van der Waals surface area contributed by atoms with Gasteiger partial charge in [-0.2, -0.15) is 0 Å². The highest BCUT2D eigenvalue weighted by Gasteiger charge is 2.19. The largest absolute Gasteiger partial charge is 0.438 e. The molecule has 0 aliphatic heterocycles. The maximum Gasteiger partial charge on any atom is 0.287 e. The minimum absolute atomic E-state index is 0.000300. The zero-order valence-electron chi connectivity index (χ0n) is 10.5. The standard InChI is InChI=1S/C11H18N2O4S/c1-3-4-5-8-13-11(14)9-6-7-10(17-9)18(15,16)12-2/h6-7,12H,3-5,8H2,1-2H3,(H,13,14). The first-order valence-corrected chi connectivity index (χ1v) is 7.31. The summed E-state index contributed by atoms with van der Waals surface area (Å²) in [5.74, 6) is -0.399. The number of furan rings is 1. The number of carbonyl (C=O) groups is 1. The molecule has 7 heteroatoms. The van der Waals surface area contributed by atoms with E-state index in [9.17, 15) is 13.2 Å². The summed E-state index contributed by atoms with van der Waals surface area (Å²) >= 11 is 0. The molecule has 0 aromatic carbocycles. The second-order valence-electron chi connectivity index (χ2n) is 3.79. The molecule has 0 fully saturated rings. The van der Waals surface area contributed by atoms with E-state index in [-0.39, 0.29) is 10.9 Å². The van der Waals surface area contributed by atoms with Crippen molar-refractivity contribution in [3.63, 3.8) is 0 Å². The van der Waals surface area contributed by atoms with Crippen LogP contribution in [0.3, 0.4) is 0 Å². The molecule has 1 aromatic heterocycles. The second-order valence-corrected chi connectivity index (χ2v) is 5.61. The fourth-order valence-electron chi connectivity index (χ4n) is 1.35. The number of hydrogen-bond donors (Lipinski definition) is 2. The van der Waals surface area contributed by atoms with Gasteiger partial charge >= 0.3 is 0 Å². The molecule has 0 radical (unpaired) electrons. The van der Waals surface area contributed by atoms with E-state index in [1.807, 2.05) is 0 Å². The van der Waals surface area contributed by atoms with Crippen LogP contribution in [0.25, 0.3) is 0 Å². The number of sulfonamides is 1. The third-order valence-electron chi connectivity index (χ3n) is 2.40. The molecule has 1 rings (SSSR count). The summed E-state index contributed by atoms with van der Waals surface area (Å²) in [6, 6.07) is 2.60. The molecule has 102 valence electrons. The minimum atomic E-state index is -3.64. The van der Waals surface area contributed by atoms with Crippen molar-refractivity contribution in [3.8, 4) is 0 Å². The lowest BCUT2D eigenvalue weighted by molar-refractivity contribution is 0.0920. The molecule has 6 nitrogen and oxygen atoms in total. The zero-order chi connectivity index (χ0) is 13.6. The van der Waals surface area contributed by atoms with Gasteiger partial charge in [0.1, 0.15) is 0 Å². The monoisotopic (exact) mass is 274 g/mol. The average Bonchev–Trinajstić information content (AvgIpc) is 2.84. The molecule has 1 heterocycles. The molecule has 1 aromatic rings. The maximum absolute atomic E-state index is 11.6. The Morgan fingerprint density at radius 1 is 1.33 bits per heavy atom. The molecule has 0 saturated heterocycles. The number of nitrogens with one attached hydrogen (secondary N) is 2. The van der Waals surface area contributed by atoms with E-state index >= 15 is 0 Å². The lowest BCUT2D eigenvalue weighted by Gasteiger charge is -2.02. The molecular formula is C11H18N2O4S. The lowest BCUT2D eigenvalue weighted by Crippen LogP contribution is -2.24. The van der Waals surface area contributed by atoms with Crippen LogP contribution in [-0.4, -0.2) is 27.9 Å². The Balaban J connectivity index is 2.60. The van der Waals surface area contributed by atoms with Crippen LogP contribution in [0, 0.1) is 0 Å². The minimum Gasteiger partial charge on any atom is -0.438 e. The Morgan fingerprint density at radius 2 is 2.06 bits per heavy atom. The Morgan fingerprint density at radius 3 is 2.67 bits per heavy atom. The van der Waals surface area contributed by atoms with Crippen LogP contribution >= 0.6 is 0 Å². The Hall–Kier alpha value is -1.34. The van der Waals surface area contributed by atoms with Crippen molar-refractivity contribution in [3.05, 3.63) is 17.9 Å². The van der Waals surface area contributed by atoms with Gasteiger partial charge in [0.25, 0.3) is 15.9 Å². The first-order chi connectivity index (χ1) is 8.51. The van der Waals surface area contributed by atoms with Crippen LogP contribution in [0.5, 0.6) is 0 Å². The van der Waals surface area contributed by atoms with Crippen molar-refractivity contribution < 1.29 is 17.6 Å². The van der Waals surface area contributed by atoms with Crippen LogP contribution in [0.4, 0.5) is 0 Å². The predicted octanol–water partition coefficient (Wildman–Crippen LogP) is 1.11. The Bertz CT molecular complexity index is 493. The third kappa shape index (κ3) is 3.85. The molecule has 0 spiro atoms. The van der Waals surface area contributed by atoms with E-state index < -0.39 is 15.9 Å². The van der Waals surface area contributed by atoms with Gasteiger partial charge in [-0.15, -0.1) is 0 Å². The maximum atomic E-state index is 11.6. The van der Waals surface area contributed by atoms with Crippen molar-refractivity contribution in [1.29, 1.82) is 0 Å². The van der Waals surface area contributed by atoms with Crippen molar-refractivity contribution in [2.45, 2.75) is 31.3 Å². The van der Waals surface area contributed by atoms with E-state index in [0.717, 1.165) is 19.3 Å². The highest BCUT2D eigenvalue weighted by atomic mass is 32.2. The predicted molar refractivity (Wildman–Crippen MR) is 66.8 cm³/mol. The van der Waals surface area contributed by atoms with Crippen molar-refractivity contribution in [1.82, 2.24) is 10.0 Å². The van der Waals surface area contributed by atoms with E-state index in [0.29, 0.717) is 6.54 Å². The number of unbranched alkanes of at least 4 members (excludes halogenated alkanes) is 2. The fraction of sp³-hybridized carbons (Fsp3) is 0.545. The number of carbonyl (C=O) groups excluding carboxylic acids is 1. The molecule has 1 amide bonds. The summed E-state index contributed by atoms with van der Waals surface area (Å²) in [6.07, 6.45) is 3.00. The van der Waals surface area contributed by atoms with Gasteiger partial charge in [-0.1, -0.05) is 19.8 Å². The van der Waals surface area contributed by atoms with Gasteiger partial charge in [0.05, 0.1) is 0 Å². The third-order valence-corrected chi connectivity index (χ3v) is 3.69. The van der Waals surface area contributed by atoms with Gasteiger partial charge in [-0.05, 0) is 25.6 Å². The first kappa shape index (κ1) is 14.7. The molecule has 0 aliphatic carbocycles. The molecule has 0 atom stereocenters. The quantitative estimate of drug-likeness (QED) is 0.729. The summed E-state index contributed by atoms with van der Waals surface area (Å²) in [5, 5.41) is 2.41. The van der Waals surface area contributed by atoms with Gasteiger partial charge in [0, 0.05) is 6.54 Å². The van der Waals surface area contributed by atoms with Crippen LogP contribution in [0.2, 0.25) is 0 Å². The van der Waals surface area contributed by atoms with Crippen molar-refractivity contribution in [2.75, 3.05) is 13.6 Å². The highest BCUT2D eigenvalue weighted by molar-refractivity contribution is 7.89. The highest BCUT2D eigenvalue weighted by Crippen LogP contribution is 2.13. The van der Waals surface area contributed by atoms with Crippen LogP contribution in [0.15, 0.2) is 21.6 Å². The van der Waals surface area contributed by atoms with Crippen LogP contribution in [-0.2, 0) is 10.0 Å². The van der Waals surface area contributed by atoms with E-state index in [1.165, 1.54) is 19.2 Å². The SMILES string of the molecule is CCCCCNC(=O)c1ccc(S(=O)(=O)NC)o1. The van der Waals surface area contributed by atoms with Crippen LogP contribution < -0.4 is 10.0 Å². The van der Waals surface area contributed by atoms with Gasteiger partial charge in [0.15, 0.2) is 5.76 Å². The number of rotatable bonds is 7. The number of amides is 1. The number of hydrogen-bond acceptors (Lipinski definition) is 4. The second kappa shape index (κ2) is 6.55. The molecular weight excluding hydrogens is 256 g/mol. The summed E-state index contributed by atoms with van der Waals surface area (Å²) < 4.78 is 29.9. The van der Waals surface area contributed by atoms with E-state index in [1.54, 1.807) is 0 Å². The fourth-order valence-corrected chi connectivity index (χ4v) is 2.00. The molecule has 0 aliphatic rings. The van der Waals surface area contributed by atoms with Gasteiger partial charge in [-0.3, -0.25) is 4.79 Å². The Labute approximate surface area is 107 Å². The average molecular weight is 274 g/mol. The summed E-state index contributed by atoms with van der Waals surface area (Å²) in [6.45, 7) is 2.63. The van der Waals surface area contributed by atoms with E-state index in [4.69, 9.17) is 4.42 Å². The van der Waals surface area contributed by atoms with Crippen molar-refractivity contribution >= 4 is 15.9 Å². The summed E-state index contributed by atoms with van der Waals surface area (Å²) in [5.41, 5.74) is 0. The summed E-state index contributed by atoms with van der Waals surface area (Å²) in [4.78, 5) is 11.6. The van der Waals surface area contributed by atoms with Crippen LogP contribution in [0.1, 0.15) is 36.7 Å². The summed E-state index contributed by atoms with van der Waals surface area (Å²) in [7, 11) is -2.36. The van der Waals surface area contributed by atoms with Crippen molar-refractivity contribution in [2.24, 2.45) is 0 Å². The molecule has 2 N–H and O–H groups in total. The zero-order valence-corrected chi connectivity index (χ0v) is 11.3. The topological polar surface area (TPSA) is 88.4 Å². The van der Waals surface area contributed by atoms with Gasteiger partial charge < -0.3 is 9.73 Å². The normalized spacial score (nSPS) is 11.4. The molecule has 0 saturated carbocycles. The van der Waals surface area contributed by atoms with Gasteiger partial charge in [0.2, 0.25) is 5.09 Å². The van der Waals surface area contributed by atoms with Gasteiger partial charge in [-0.25, -0.2) is 13.1 Å². The molecule has 0 unspecified atom stereocenters. The smallest absolute Gasteiger partial charge is 0.287 e. The Kier molecular flexibility index (Phi) is 5.36. The molecule has 0 bridgehead atoms. The lowest BCUT2D eigenvalue weighted by atomic mass is 10.2.